The van der Waals surface area contributed by atoms with Crippen LogP contribution >= 0.6 is 11.6 Å². The molecule has 0 radical (unpaired) electrons. The number of nitrogens with one attached hydrogen (secondary N) is 2. The van der Waals surface area contributed by atoms with Crippen LogP contribution in [-0.2, 0) is 4.79 Å². The topological polar surface area (TPSA) is 103 Å². The van der Waals surface area contributed by atoms with Crippen molar-refractivity contribution in [3.05, 3.63) is 22.7 Å². The molecule has 3 rings (SSSR count). The van der Waals surface area contributed by atoms with Crippen molar-refractivity contribution in [2.45, 2.75) is 43.8 Å². The number of benzene rings is 1. The average molecular weight is 368 g/mol. The van der Waals surface area contributed by atoms with Crippen molar-refractivity contribution in [3.8, 4) is 11.5 Å². The zero-order valence-corrected chi connectivity index (χ0v) is 14.8. The van der Waals surface area contributed by atoms with Gasteiger partial charge in [-0.15, -0.1) is 0 Å². The van der Waals surface area contributed by atoms with E-state index in [9.17, 15) is 9.59 Å². The van der Waals surface area contributed by atoms with Crippen LogP contribution in [0.4, 0.5) is 0 Å². The molecule has 136 valence electrons. The summed E-state index contributed by atoms with van der Waals surface area (Å²) in [5.74, 6) is -0.350. The first-order chi connectivity index (χ1) is 12.0. The largest absolute Gasteiger partial charge is 0.493 e. The van der Waals surface area contributed by atoms with E-state index in [1.54, 1.807) is 6.07 Å². The Morgan fingerprint density at radius 2 is 2.00 bits per heavy atom. The van der Waals surface area contributed by atoms with Gasteiger partial charge in [-0.3, -0.25) is 9.59 Å². The van der Waals surface area contributed by atoms with E-state index in [1.807, 2.05) is 0 Å². The number of halogens is 1. The van der Waals surface area contributed by atoms with Gasteiger partial charge in [0.1, 0.15) is 0 Å². The third kappa shape index (κ3) is 4.16. The van der Waals surface area contributed by atoms with Crippen molar-refractivity contribution in [2.75, 3.05) is 13.7 Å². The zero-order valence-electron chi connectivity index (χ0n) is 14.0. The molecule has 25 heavy (non-hydrogen) atoms. The maximum atomic E-state index is 12.6. The number of nitrogens with two attached hydrogens (primary N) is 1. The van der Waals surface area contributed by atoms with Crippen molar-refractivity contribution in [1.82, 2.24) is 10.6 Å². The Hall–Kier alpha value is -1.99. The van der Waals surface area contributed by atoms with Gasteiger partial charge in [-0.25, -0.2) is 0 Å². The number of carbonyl (C=O) groups is 2. The lowest BCUT2D eigenvalue weighted by molar-refractivity contribution is -0.119. The van der Waals surface area contributed by atoms with Crippen LogP contribution in [0.5, 0.6) is 11.5 Å². The van der Waals surface area contributed by atoms with Gasteiger partial charge in [0.25, 0.3) is 11.8 Å². The predicted octanol–water partition coefficient (Wildman–Crippen LogP) is 1.23. The SMILES string of the molecule is COc1cc(C(=O)NC2CC3CCC(C2)N3)cc(Cl)c1OCC(N)=O. The Balaban J connectivity index is 1.71. The third-order valence-corrected chi connectivity index (χ3v) is 4.94. The van der Waals surface area contributed by atoms with Crippen LogP contribution < -0.4 is 25.8 Å². The number of fused-ring (bicyclic) bond motifs is 2. The van der Waals surface area contributed by atoms with Crippen molar-refractivity contribution in [3.63, 3.8) is 0 Å². The van der Waals surface area contributed by atoms with Gasteiger partial charge < -0.3 is 25.8 Å². The first-order valence-electron chi connectivity index (χ1n) is 8.31. The molecule has 2 atom stereocenters. The normalized spacial score (nSPS) is 24.6. The molecule has 2 aliphatic heterocycles. The van der Waals surface area contributed by atoms with E-state index >= 15 is 0 Å². The highest BCUT2D eigenvalue weighted by Gasteiger charge is 2.34. The number of primary amides is 1. The minimum absolute atomic E-state index is 0.154. The summed E-state index contributed by atoms with van der Waals surface area (Å²) in [6, 6.07) is 4.19. The fourth-order valence-corrected chi connectivity index (χ4v) is 3.84. The van der Waals surface area contributed by atoms with Crippen LogP contribution in [0.25, 0.3) is 0 Å². The Morgan fingerprint density at radius 1 is 1.32 bits per heavy atom. The van der Waals surface area contributed by atoms with Crippen LogP contribution in [-0.4, -0.2) is 43.7 Å². The van der Waals surface area contributed by atoms with E-state index in [4.69, 9.17) is 26.8 Å². The van der Waals surface area contributed by atoms with E-state index < -0.39 is 5.91 Å². The van der Waals surface area contributed by atoms with Gasteiger partial charge in [0.2, 0.25) is 0 Å². The molecule has 0 aliphatic carbocycles. The Kier molecular flexibility index (Phi) is 5.34. The predicted molar refractivity (Wildman–Crippen MR) is 93.1 cm³/mol. The lowest BCUT2D eigenvalue weighted by Crippen LogP contribution is -2.48. The average Bonchev–Trinajstić information content (AvgIpc) is 2.91. The fraction of sp³-hybridized carbons (Fsp3) is 0.529. The Morgan fingerprint density at radius 3 is 2.60 bits per heavy atom. The third-order valence-electron chi connectivity index (χ3n) is 4.66. The van der Waals surface area contributed by atoms with Crippen LogP contribution in [0.2, 0.25) is 5.02 Å². The molecule has 2 amide bonds. The monoisotopic (exact) mass is 367 g/mol. The summed E-state index contributed by atoms with van der Waals surface area (Å²) in [6.45, 7) is -0.320. The highest BCUT2D eigenvalue weighted by molar-refractivity contribution is 6.32. The van der Waals surface area contributed by atoms with Crippen molar-refractivity contribution >= 4 is 23.4 Å². The van der Waals surface area contributed by atoms with Gasteiger partial charge in [-0.05, 0) is 37.8 Å². The summed E-state index contributed by atoms with van der Waals surface area (Å²) in [7, 11) is 1.44. The summed E-state index contributed by atoms with van der Waals surface area (Å²) in [5.41, 5.74) is 5.46. The minimum Gasteiger partial charge on any atom is -0.493 e. The molecule has 0 aromatic heterocycles. The molecular weight excluding hydrogens is 346 g/mol. The summed E-state index contributed by atoms with van der Waals surface area (Å²) >= 11 is 6.19. The van der Waals surface area contributed by atoms with Gasteiger partial charge in [0.05, 0.1) is 12.1 Å². The second-order valence-electron chi connectivity index (χ2n) is 6.52. The number of rotatable bonds is 6. The number of carbonyl (C=O) groups excluding carboxylic acids is 2. The van der Waals surface area contributed by atoms with E-state index in [-0.39, 0.29) is 35.1 Å². The molecule has 2 heterocycles. The summed E-state index contributed by atoms with van der Waals surface area (Å²) in [5, 5.41) is 6.81. The van der Waals surface area contributed by atoms with Crippen LogP contribution in [0.1, 0.15) is 36.0 Å². The molecule has 2 aliphatic rings. The fourth-order valence-electron chi connectivity index (χ4n) is 3.58. The second-order valence-corrected chi connectivity index (χ2v) is 6.93. The summed E-state index contributed by atoms with van der Waals surface area (Å²) in [6.07, 6.45) is 4.21. The van der Waals surface area contributed by atoms with Gasteiger partial charge in [-0.2, -0.15) is 0 Å². The standard InChI is InChI=1S/C17H22ClN3O4/c1-24-14-5-9(4-13(18)16(14)25-8-15(19)22)17(23)21-12-6-10-2-3-11(7-12)20-10/h4-5,10-12,20H,2-3,6-8H2,1H3,(H2,19,22)(H,21,23). The molecule has 0 saturated carbocycles. The number of amides is 2. The maximum absolute atomic E-state index is 12.6. The second kappa shape index (κ2) is 7.49. The van der Waals surface area contributed by atoms with E-state index in [2.05, 4.69) is 10.6 Å². The molecule has 1 aromatic carbocycles. The molecule has 8 heteroatoms. The molecule has 2 saturated heterocycles. The molecule has 1 aromatic rings. The number of hydrogen-bond acceptors (Lipinski definition) is 5. The molecule has 7 nitrogen and oxygen atoms in total. The van der Waals surface area contributed by atoms with E-state index in [1.165, 1.54) is 26.0 Å². The van der Waals surface area contributed by atoms with Crippen molar-refractivity contribution < 1.29 is 19.1 Å². The molecule has 2 unspecified atom stereocenters. The Bertz CT molecular complexity index is 670. The lowest BCUT2D eigenvalue weighted by atomic mass is 9.99. The van der Waals surface area contributed by atoms with E-state index in [0.29, 0.717) is 17.6 Å². The first kappa shape index (κ1) is 17.8. The van der Waals surface area contributed by atoms with Gasteiger partial charge in [-0.1, -0.05) is 11.6 Å². The van der Waals surface area contributed by atoms with E-state index in [0.717, 1.165) is 12.8 Å². The van der Waals surface area contributed by atoms with Gasteiger partial charge in [0, 0.05) is 23.7 Å². The highest BCUT2D eigenvalue weighted by Crippen LogP contribution is 2.36. The minimum atomic E-state index is -0.625. The molecular formula is C17H22ClN3O4. The molecule has 0 spiro atoms. The number of hydrogen-bond donors (Lipinski definition) is 3. The highest BCUT2D eigenvalue weighted by atomic mass is 35.5. The smallest absolute Gasteiger partial charge is 0.255 e. The van der Waals surface area contributed by atoms with Gasteiger partial charge in [0.15, 0.2) is 18.1 Å². The number of piperidine rings is 1. The Labute approximate surface area is 151 Å². The summed E-state index contributed by atoms with van der Waals surface area (Å²) < 4.78 is 10.5. The van der Waals surface area contributed by atoms with Crippen LogP contribution in [0.15, 0.2) is 12.1 Å². The van der Waals surface area contributed by atoms with Crippen LogP contribution in [0, 0.1) is 0 Å². The molecule has 2 fully saturated rings. The maximum Gasteiger partial charge on any atom is 0.255 e. The molecule has 4 N–H and O–H groups in total. The van der Waals surface area contributed by atoms with Gasteiger partial charge >= 0.3 is 0 Å². The molecule has 2 bridgehead atoms. The van der Waals surface area contributed by atoms with Crippen molar-refractivity contribution in [1.29, 1.82) is 0 Å². The zero-order chi connectivity index (χ0) is 18.0. The number of methoxy groups -OCH3 is 1. The summed E-state index contributed by atoms with van der Waals surface area (Å²) in [4.78, 5) is 23.5. The lowest BCUT2D eigenvalue weighted by Gasteiger charge is -2.29. The quantitative estimate of drug-likeness (QED) is 0.701. The number of ether oxygens (including phenoxy) is 2. The van der Waals surface area contributed by atoms with Crippen molar-refractivity contribution in [2.24, 2.45) is 5.73 Å². The first-order valence-corrected chi connectivity index (χ1v) is 8.69. The van der Waals surface area contributed by atoms with Crippen LogP contribution in [0.3, 0.4) is 0 Å².